The smallest absolute Gasteiger partial charge is 0.222 e. The molecule has 1 heterocycles. The van der Waals surface area contributed by atoms with Crippen molar-refractivity contribution in [2.24, 2.45) is 11.8 Å². The van der Waals surface area contributed by atoms with E-state index >= 15 is 0 Å². The van der Waals surface area contributed by atoms with E-state index in [1.54, 1.807) is 0 Å². The molecule has 8 heteroatoms. The van der Waals surface area contributed by atoms with Crippen molar-refractivity contribution in [3.05, 3.63) is 44.7 Å². The standard InChI is InChI=1S/C30H40BrN3O4/c1-6-10-20-13-24-28(25(35)14-20)27(22(17-32)19(5)34-24)21-15-23(31)29(26(16-21)37-7-2)38-12-9-8-11-33-30(36)18(3)4/h15-16,18,20,27,34H,6-14H2,1-5H3,(H,33,36). The molecule has 0 bridgehead atoms. The first-order valence-electron chi connectivity index (χ1n) is 13.7. The molecule has 2 N–H and O–H groups in total. The lowest BCUT2D eigenvalue weighted by Gasteiger charge is -2.35. The zero-order chi connectivity index (χ0) is 27.8. The van der Waals surface area contributed by atoms with Crippen LogP contribution in [-0.2, 0) is 9.59 Å². The number of nitrogens with zero attached hydrogens (tertiary/aromatic N) is 1. The fourth-order valence-corrected chi connectivity index (χ4v) is 5.76. The van der Waals surface area contributed by atoms with Crippen LogP contribution >= 0.6 is 15.9 Å². The molecular formula is C30H40BrN3O4. The summed E-state index contributed by atoms with van der Waals surface area (Å²) in [5, 5.41) is 16.4. The number of rotatable bonds is 12. The van der Waals surface area contributed by atoms with Gasteiger partial charge < -0.3 is 20.1 Å². The maximum absolute atomic E-state index is 13.4. The van der Waals surface area contributed by atoms with Gasteiger partial charge in [0.25, 0.3) is 0 Å². The van der Waals surface area contributed by atoms with Crippen LogP contribution in [0.15, 0.2) is 39.1 Å². The molecular weight excluding hydrogens is 546 g/mol. The Bertz CT molecular complexity index is 1150. The lowest BCUT2D eigenvalue weighted by molar-refractivity contribution is -0.124. The molecule has 0 spiro atoms. The molecule has 1 aliphatic heterocycles. The molecule has 1 aliphatic carbocycles. The Morgan fingerprint density at radius 3 is 2.66 bits per heavy atom. The van der Waals surface area contributed by atoms with Gasteiger partial charge in [-0.15, -0.1) is 0 Å². The van der Waals surface area contributed by atoms with Crippen LogP contribution in [0.1, 0.15) is 84.6 Å². The number of halogens is 1. The van der Waals surface area contributed by atoms with Crippen LogP contribution in [0, 0.1) is 23.2 Å². The average Bonchev–Trinajstić information content (AvgIpc) is 2.86. The van der Waals surface area contributed by atoms with E-state index in [0.29, 0.717) is 59.2 Å². The number of benzene rings is 1. The van der Waals surface area contributed by atoms with E-state index < -0.39 is 5.92 Å². The van der Waals surface area contributed by atoms with E-state index in [0.717, 1.165) is 49.1 Å². The topological polar surface area (TPSA) is 100 Å². The molecule has 1 amide bonds. The summed E-state index contributed by atoms with van der Waals surface area (Å²) in [6, 6.07) is 6.21. The molecule has 3 rings (SSSR count). The zero-order valence-electron chi connectivity index (χ0n) is 23.2. The Hall–Kier alpha value is -2.79. The van der Waals surface area contributed by atoms with Gasteiger partial charge in [-0.1, -0.05) is 27.2 Å². The summed E-state index contributed by atoms with van der Waals surface area (Å²) in [5.74, 6) is 1.20. The van der Waals surface area contributed by atoms with Gasteiger partial charge in [0.05, 0.1) is 35.2 Å². The Labute approximate surface area is 235 Å². The molecule has 2 unspecified atom stereocenters. The molecule has 206 valence electrons. The van der Waals surface area contributed by atoms with Crippen molar-refractivity contribution < 1.29 is 19.1 Å². The van der Waals surface area contributed by atoms with Crippen molar-refractivity contribution >= 4 is 27.6 Å². The molecule has 0 radical (unpaired) electrons. The molecule has 0 saturated carbocycles. The number of carbonyl (C=O) groups is 2. The molecule has 38 heavy (non-hydrogen) atoms. The summed E-state index contributed by atoms with van der Waals surface area (Å²) in [6.45, 7) is 11.2. The number of ether oxygens (including phenoxy) is 2. The van der Waals surface area contributed by atoms with E-state index in [2.05, 4.69) is 39.6 Å². The molecule has 1 aromatic carbocycles. The number of hydrogen-bond donors (Lipinski definition) is 2. The van der Waals surface area contributed by atoms with Gasteiger partial charge in [-0.05, 0) is 79.1 Å². The first-order valence-corrected chi connectivity index (χ1v) is 14.5. The largest absolute Gasteiger partial charge is 0.490 e. The highest BCUT2D eigenvalue weighted by atomic mass is 79.9. The van der Waals surface area contributed by atoms with Gasteiger partial charge in [-0.25, -0.2) is 0 Å². The molecule has 1 aromatic rings. The van der Waals surface area contributed by atoms with Crippen LogP contribution in [0.25, 0.3) is 0 Å². The van der Waals surface area contributed by atoms with Gasteiger partial charge in [-0.3, -0.25) is 9.59 Å². The predicted molar refractivity (Wildman–Crippen MR) is 152 cm³/mol. The van der Waals surface area contributed by atoms with Crippen molar-refractivity contribution in [3.8, 4) is 17.6 Å². The molecule has 2 aliphatic rings. The van der Waals surface area contributed by atoms with Gasteiger partial charge >= 0.3 is 0 Å². The number of hydrogen-bond acceptors (Lipinski definition) is 6. The van der Waals surface area contributed by atoms with Crippen LogP contribution in [0.4, 0.5) is 0 Å². The highest BCUT2D eigenvalue weighted by Gasteiger charge is 2.39. The molecule has 0 aromatic heterocycles. The third-order valence-electron chi connectivity index (χ3n) is 7.04. The lowest BCUT2D eigenvalue weighted by Crippen LogP contribution is -2.34. The third kappa shape index (κ3) is 6.99. The fraction of sp³-hybridized carbons (Fsp3) is 0.567. The van der Waals surface area contributed by atoms with Crippen LogP contribution in [0.5, 0.6) is 11.5 Å². The number of ketones is 1. The fourth-order valence-electron chi connectivity index (χ4n) is 5.19. The van der Waals surface area contributed by atoms with E-state index in [4.69, 9.17) is 9.47 Å². The highest BCUT2D eigenvalue weighted by molar-refractivity contribution is 9.10. The van der Waals surface area contributed by atoms with Gasteiger partial charge in [0.1, 0.15) is 0 Å². The second-order valence-electron chi connectivity index (χ2n) is 10.4. The molecule has 0 fully saturated rings. The summed E-state index contributed by atoms with van der Waals surface area (Å²) in [4.78, 5) is 25.1. The van der Waals surface area contributed by atoms with E-state index in [9.17, 15) is 14.9 Å². The third-order valence-corrected chi connectivity index (χ3v) is 7.62. The number of carbonyl (C=O) groups excluding carboxylic acids is 2. The maximum atomic E-state index is 13.4. The Morgan fingerprint density at radius 2 is 2.00 bits per heavy atom. The predicted octanol–water partition coefficient (Wildman–Crippen LogP) is 6.30. The summed E-state index contributed by atoms with van der Waals surface area (Å²) >= 11 is 3.67. The van der Waals surface area contributed by atoms with Crippen LogP contribution in [0.2, 0.25) is 0 Å². The quantitative estimate of drug-likeness (QED) is 0.279. The lowest BCUT2D eigenvalue weighted by atomic mass is 9.72. The van der Waals surface area contributed by atoms with Crippen LogP contribution in [-0.4, -0.2) is 31.4 Å². The Balaban J connectivity index is 1.85. The highest BCUT2D eigenvalue weighted by Crippen LogP contribution is 2.47. The summed E-state index contributed by atoms with van der Waals surface area (Å²) in [6.07, 6.45) is 4.97. The number of Topliss-reactive ketones (excluding diaryl/α,β-unsaturated/α-hetero) is 1. The first kappa shape index (κ1) is 29.8. The number of dihydropyridines is 1. The number of nitriles is 1. The monoisotopic (exact) mass is 585 g/mol. The Kier molecular flexibility index (Phi) is 10.8. The molecule has 2 atom stereocenters. The van der Waals surface area contributed by atoms with Gasteiger partial charge in [-0.2, -0.15) is 5.26 Å². The van der Waals surface area contributed by atoms with Crippen LogP contribution in [0.3, 0.4) is 0 Å². The number of allylic oxidation sites excluding steroid dienone is 4. The number of unbranched alkanes of at least 4 members (excludes halogenated alkanes) is 1. The average molecular weight is 587 g/mol. The van der Waals surface area contributed by atoms with Crippen molar-refractivity contribution in [1.82, 2.24) is 10.6 Å². The summed E-state index contributed by atoms with van der Waals surface area (Å²) < 4.78 is 12.8. The second-order valence-corrected chi connectivity index (χ2v) is 11.2. The number of nitrogens with one attached hydrogen (secondary N) is 2. The van der Waals surface area contributed by atoms with E-state index in [1.165, 1.54) is 0 Å². The minimum absolute atomic E-state index is 0.0249. The minimum atomic E-state index is -0.444. The summed E-state index contributed by atoms with van der Waals surface area (Å²) in [5.41, 5.74) is 3.82. The van der Waals surface area contributed by atoms with Gasteiger partial charge in [0.2, 0.25) is 5.91 Å². The van der Waals surface area contributed by atoms with E-state index in [1.807, 2.05) is 39.8 Å². The zero-order valence-corrected chi connectivity index (χ0v) is 24.8. The molecule has 0 saturated heterocycles. The van der Waals surface area contributed by atoms with Crippen molar-refractivity contribution in [2.75, 3.05) is 19.8 Å². The van der Waals surface area contributed by atoms with E-state index in [-0.39, 0.29) is 17.6 Å². The normalized spacial score (nSPS) is 19.2. The summed E-state index contributed by atoms with van der Waals surface area (Å²) in [7, 11) is 0. The second kappa shape index (κ2) is 13.8. The van der Waals surface area contributed by atoms with Gasteiger partial charge in [0.15, 0.2) is 17.3 Å². The minimum Gasteiger partial charge on any atom is -0.490 e. The Morgan fingerprint density at radius 1 is 1.24 bits per heavy atom. The van der Waals surface area contributed by atoms with Crippen LogP contribution < -0.4 is 20.1 Å². The SMILES string of the molecule is CCCC1CC(=O)C2=C(C1)NC(C)=C(C#N)C2c1cc(Br)c(OCCCCNC(=O)C(C)C)c(OCC)c1. The first-order chi connectivity index (χ1) is 18.2. The molecule has 7 nitrogen and oxygen atoms in total. The number of amides is 1. The van der Waals surface area contributed by atoms with Gasteiger partial charge in [0, 0.05) is 35.9 Å². The maximum Gasteiger partial charge on any atom is 0.222 e. The van der Waals surface area contributed by atoms with Crippen molar-refractivity contribution in [1.29, 1.82) is 5.26 Å². The van der Waals surface area contributed by atoms with Crippen molar-refractivity contribution in [2.45, 2.75) is 79.1 Å². The van der Waals surface area contributed by atoms with Crippen molar-refractivity contribution in [3.63, 3.8) is 0 Å².